The summed E-state index contributed by atoms with van der Waals surface area (Å²) in [6.07, 6.45) is 2.09. The Morgan fingerprint density at radius 1 is 1.47 bits per heavy atom. The fourth-order valence-electron chi connectivity index (χ4n) is 1.78. The molecule has 0 atom stereocenters. The lowest BCUT2D eigenvalue weighted by atomic mass is 10.2. The number of hydrogen-bond acceptors (Lipinski definition) is 4. The molecule has 1 aliphatic heterocycles. The summed E-state index contributed by atoms with van der Waals surface area (Å²) in [5, 5.41) is 8.83. The largest absolute Gasteiger partial charge is 0.478 e. The molecule has 5 nitrogen and oxygen atoms in total. The summed E-state index contributed by atoms with van der Waals surface area (Å²) in [7, 11) is 0. The van der Waals surface area contributed by atoms with Crippen molar-refractivity contribution in [1.82, 2.24) is 4.98 Å². The van der Waals surface area contributed by atoms with E-state index in [4.69, 9.17) is 9.84 Å². The van der Waals surface area contributed by atoms with E-state index in [1.165, 1.54) is 6.20 Å². The lowest BCUT2D eigenvalue weighted by Gasteiger charge is -2.21. The Hall–Kier alpha value is -1.69. The lowest BCUT2D eigenvalue weighted by Crippen LogP contribution is -2.28. The summed E-state index contributed by atoms with van der Waals surface area (Å²) in [5.74, 6) is -1.96. The Kier molecular flexibility index (Phi) is 3.53. The maximum Gasteiger partial charge on any atom is 0.338 e. The Morgan fingerprint density at radius 2 is 2.29 bits per heavy atom. The van der Waals surface area contributed by atoms with Gasteiger partial charge in [0.2, 0.25) is 0 Å². The smallest absolute Gasteiger partial charge is 0.338 e. The van der Waals surface area contributed by atoms with Gasteiger partial charge in [-0.15, -0.1) is 0 Å². The number of carboxylic acids is 1. The molecule has 0 radical (unpaired) electrons. The van der Waals surface area contributed by atoms with Crippen molar-refractivity contribution in [1.29, 1.82) is 0 Å². The molecule has 6 heteroatoms. The number of aromatic nitrogens is 1. The molecule has 1 saturated heterocycles. The standard InChI is InChI=1S/C11H13FN2O3/c12-9-8(11(15)16)2-3-13-10(9)14-4-1-6-17-7-5-14/h2-3H,1,4-7H2,(H,15,16). The highest BCUT2D eigenvalue weighted by Gasteiger charge is 2.20. The first-order valence-corrected chi connectivity index (χ1v) is 5.40. The van der Waals surface area contributed by atoms with Crippen molar-refractivity contribution in [3.63, 3.8) is 0 Å². The van der Waals surface area contributed by atoms with Crippen molar-refractivity contribution in [3.8, 4) is 0 Å². The van der Waals surface area contributed by atoms with Crippen molar-refractivity contribution in [2.45, 2.75) is 6.42 Å². The predicted octanol–water partition coefficient (Wildman–Crippen LogP) is 1.15. The van der Waals surface area contributed by atoms with E-state index in [1.807, 2.05) is 0 Å². The summed E-state index contributed by atoms with van der Waals surface area (Å²) in [5.41, 5.74) is -0.347. The van der Waals surface area contributed by atoms with Crippen LogP contribution >= 0.6 is 0 Å². The molecule has 0 amide bonds. The molecular formula is C11H13FN2O3. The van der Waals surface area contributed by atoms with Crippen LogP contribution in [0.3, 0.4) is 0 Å². The van der Waals surface area contributed by atoms with E-state index in [0.29, 0.717) is 26.3 Å². The van der Waals surface area contributed by atoms with Crippen LogP contribution < -0.4 is 4.90 Å². The SMILES string of the molecule is O=C(O)c1ccnc(N2CCCOCC2)c1F. The minimum Gasteiger partial charge on any atom is -0.478 e. The molecule has 2 rings (SSSR count). The van der Waals surface area contributed by atoms with Crippen molar-refractivity contribution >= 4 is 11.8 Å². The Morgan fingerprint density at radius 3 is 3.06 bits per heavy atom. The van der Waals surface area contributed by atoms with Gasteiger partial charge in [-0.2, -0.15) is 0 Å². The van der Waals surface area contributed by atoms with Gasteiger partial charge in [0.15, 0.2) is 11.6 Å². The minimum absolute atomic E-state index is 0.0930. The number of nitrogens with zero attached hydrogens (tertiary/aromatic N) is 2. The number of halogens is 1. The van der Waals surface area contributed by atoms with Gasteiger partial charge in [-0.05, 0) is 12.5 Å². The fourth-order valence-corrected chi connectivity index (χ4v) is 1.78. The van der Waals surface area contributed by atoms with E-state index in [0.717, 1.165) is 12.5 Å². The normalized spacial score (nSPS) is 16.6. The number of pyridine rings is 1. The molecule has 1 N–H and O–H groups in total. The molecule has 0 bridgehead atoms. The Labute approximate surface area is 97.8 Å². The first-order chi connectivity index (χ1) is 8.20. The van der Waals surface area contributed by atoms with Crippen LogP contribution in [-0.4, -0.2) is 42.4 Å². The highest BCUT2D eigenvalue weighted by molar-refractivity contribution is 5.88. The number of aromatic carboxylic acids is 1. The van der Waals surface area contributed by atoms with Gasteiger partial charge >= 0.3 is 5.97 Å². The molecule has 17 heavy (non-hydrogen) atoms. The second-order valence-corrected chi connectivity index (χ2v) is 3.75. The van der Waals surface area contributed by atoms with Gasteiger partial charge in [-0.1, -0.05) is 0 Å². The zero-order chi connectivity index (χ0) is 12.3. The van der Waals surface area contributed by atoms with E-state index in [2.05, 4.69) is 4.98 Å². The maximum atomic E-state index is 13.9. The highest BCUT2D eigenvalue weighted by Crippen LogP contribution is 2.20. The monoisotopic (exact) mass is 240 g/mol. The molecule has 0 aromatic carbocycles. The van der Waals surface area contributed by atoms with E-state index in [9.17, 15) is 9.18 Å². The Balaban J connectivity index is 2.30. The molecule has 2 heterocycles. The second kappa shape index (κ2) is 5.09. The fraction of sp³-hybridized carbons (Fsp3) is 0.455. The number of anilines is 1. The van der Waals surface area contributed by atoms with Gasteiger partial charge in [0.25, 0.3) is 0 Å². The van der Waals surface area contributed by atoms with E-state index in [-0.39, 0.29) is 11.4 Å². The molecular weight excluding hydrogens is 227 g/mol. The predicted molar refractivity (Wildman–Crippen MR) is 58.8 cm³/mol. The zero-order valence-electron chi connectivity index (χ0n) is 9.23. The lowest BCUT2D eigenvalue weighted by molar-refractivity contribution is 0.0691. The van der Waals surface area contributed by atoms with Gasteiger partial charge in [0, 0.05) is 25.9 Å². The first-order valence-electron chi connectivity index (χ1n) is 5.40. The number of ether oxygens (including phenoxy) is 1. The van der Waals surface area contributed by atoms with Crippen LogP contribution in [0.1, 0.15) is 16.8 Å². The molecule has 0 spiro atoms. The average Bonchev–Trinajstić information content (AvgIpc) is 2.57. The third-order valence-corrected chi connectivity index (χ3v) is 2.62. The summed E-state index contributed by atoms with van der Waals surface area (Å²) < 4.78 is 19.2. The number of hydrogen-bond donors (Lipinski definition) is 1. The van der Waals surface area contributed by atoms with Crippen LogP contribution in [0, 0.1) is 5.82 Å². The first kappa shape index (κ1) is 11.8. The van der Waals surface area contributed by atoms with Crippen LogP contribution in [0.15, 0.2) is 12.3 Å². The molecule has 1 aromatic heterocycles. The third-order valence-electron chi connectivity index (χ3n) is 2.62. The topological polar surface area (TPSA) is 62.7 Å². The summed E-state index contributed by atoms with van der Waals surface area (Å²) in [6, 6.07) is 1.16. The maximum absolute atomic E-state index is 13.9. The molecule has 0 unspecified atom stereocenters. The zero-order valence-corrected chi connectivity index (χ0v) is 9.23. The van der Waals surface area contributed by atoms with Gasteiger partial charge in [-0.25, -0.2) is 14.2 Å². The summed E-state index contributed by atoms with van der Waals surface area (Å²) >= 11 is 0. The summed E-state index contributed by atoms with van der Waals surface area (Å²) in [4.78, 5) is 16.4. The van der Waals surface area contributed by atoms with Gasteiger partial charge in [0.1, 0.15) is 5.56 Å². The minimum atomic E-state index is -1.28. The quantitative estimate of drug-likeness (QED) is 0.840. The number of carboxylic acid groups (broad SMARTS) is 1. The average molecular weight is 240 g/mol. The van der Waals surface area contributed by atoms with Crippen molar-refractivity contribution in [2.75, 3.05) is 31.2 Å². The van der Waals surface area contributed by atoms with Gasteiger partial charge in [0.05, 0.1) is 6.61 Å². The van der Waals surface area contributed by atoms with Crippen LogP contribution in [-0.2, 0) is 4.74 Å². The molecule has 92 valence electrons. The molecule has 1 aliphatic rings. The van der Waals surface area contributed by atoms with Gasteiger partial charge < -0.3 is 14.7 Å². The Bertz CT molecular complexity index is 417. The van der Waals surface area contributed by atoms with Crippen LogP contribution in [0.25, 0.3) is 0 Å². The third kappa shape index (κ3) is 2.52. The molecule has 0 aliphatic carbocycles. The number of carbonyl (C=O) groups is 1. The van der Waals surface area contributed by atoms with Crippen LogP contribution in [0.2, 0.25) is 0 Å². The van der Waals surface area contributed by atoms with Gasteiger partial charge in [-0.3, -0.25) is 0 Å². The van der Waals surface area contributed by atoms with E-state index in [1.54, 1.807) is 4.90 Å². The van der Waals surface area contributed by atoms with Crippen molar-refractivity contribution in [3.05, 3.63) is 23.6 Å². The van der Waals surface area contributed by atoms with Crippen molar-refractivity contribution in [2.24, 2.45) is 0 Å². The highest BCUT2D eigenvalue weighted by atomic mass is 19.1. The number of rotatable bonds is 2. The van der Waals surface area contributed by atoms with Crippen molar-refractivity contribution < 1.29 is 19.0 Å². The second-order valence-electron chi connectivity index (χ2n) is 3.75. The van der Waals surface area contributed by atoms with E-state index < -0.39 is 11.8 Å². The van der Waals surface area contributed by atoms with Crippen LogP contribution in [0.5, 0.6) is 0 Å². The molecule has 0 saturated carbocycles. The summed E-state index contributed by atoms with van der Waals surface area (Å²) in [6.45, 7) is 2.27. The molecule has 1 aromatic rings. The van der Waals surface area contributed by atoms with E-state index >= 15 is 0 Å². The molecule has 1 fully saturated rings. The van der Waals surface area contributed by atoms with Crippen LogP contribution in [0.4, 0.5) is 10.2 Å².